The number of likely N-dealkylation sites (N-methyl/N-ethyl adjacent to an activating group) is 1. The average molecular weight is 260 g/mol. The molecule has 0 saturated carbocycles. The largest absolute Gasteiger partial charge is 0.480 e. The van der Waals surface area contributed by atoms with E-state index in [1.54, 1.807) is 23.7 Å². The Morgan fingerprint density at radius 2 is 2.24 bits per heavy atom. The lowest BCUT2D eigenvalue weighted by Gasteiger charge is -2.23. The molecule has 5 nitrogen and oxygen atoms in total. The molecule has 0 aromatic carbocycles. The summed E-state index contributed by atoms with van der Waals surface area (Å²) >= 11 is 6.11. The van der Waals surface area contributed by atoms with Crippen molar-refractivity contribution < 1.29 is 9.90 Å². The molecule has 1 N–H and O–H groups in total. The SMILES string of the molecule is CCC(C(=O)O)N(C)Cc1c(C)nn(C)c1Cl. The van der Waals surface area contributed by atoms with Crippen LogP contribution in [0.5, 0.6) is 0 Å². The second-order valence-corrected chi connectivity index (χ2v) is 4.51. The normalized spacial score (nSPS) is 13.1. The van der Waals surface area contributed by atoms with E-state index in [9.17, 15) is 4.79 Å². The van der Waals surface area contributed by atoms with Crippen LogP contribution >= 0.6 is 11.6 Å². The molecule has 0 spiro atoms. The van der Waals surface area contributed by atoms with E-state index in [0.29, 0.717) is 18.1 Å². The highest BCUT2D eigenvalue weighted by Crippen LogP contribution is 2.21. The van der Waals surface area contributed by atoms with Crippen molar-refractivity contribution in [3.63, 3.8) is 0 Å². The monoisotopic (exact) mass is 259 g/mol. The van der Waals surface area contributed by atoms with Gasteiger partial charge in [0.15, 0.2) is 0 Å². The summed E-state index contributed by atoms with van der Waals surface area (Å²) in [5.41, 5.74) is 1.72. The molecule has 0 aliphatic carbocycles. The Bertz CT molecular complexity index is 417. The number of aliphatic carboxylic acids is 1. The van der Waals surface area contributed by atoms with Gasteiger partial charge in [-0.3, -0.25) is 14.4 Å². The summed E-state index contributed by atoms with van der Waals surface area (Å²) in [5.74, 6) is -0.812. The van der Waals surface area contributed by atoms with E-state index in [1.165, 1.54) is 0 Å². The fourth-order valence-electron chi connectivity index (χ4n) is 1.89. The molecule has 0 amide bonds. The molecule has 1 atom stereocenters. The third kappa shape index (κ3) is 2.98. The van der Waals surface area contributed by atoms with Crippen molar-refractivity contribution >= 4 is 17.6 Å². The first-order valence-corrected chi connectivity index (χ1v) is 5.87. The molecule has 96 valence electrons. The molecule has 1 aromatic rings. The predicted octanol–water partition coefficient (Wildman–Crippen LogP) is 1.68. The number of hydrogen-bond acceptors (Lipinski definition) is 3. The molecule has 0 aliphatic heterocycles. The topological polar surface area (TPSA) is 58.4 Å². The van der Waals surface area contributed by atoms with Crippen molar-refractivity contribution in [2.45, 2.75) is 32.9 Å². The van der Waals surface area contributed by atoms with Crippen LogP contribution in [0.15, 0.2) is 0 Å². The molecule has 0 aliphatic rings. The molecule has 0 bridgehead atoms. The maximum Gasteiger partial charge on any atom is 0.320 e. The number of halogens is 1. The predicted molar refractivity (Wildman–Crippen MR) is 66.1 cm³/mol. The number of aryl methyl sites for hydroxylation is 2. The number of carboxylic acids is 1. The molecule has 1 aromatic heterocycles. The number of rotatable bonds is 5. The van der Waals surface area contributed by atoms with Crippen molar-refractivity contribution in [1.82, 2.24) is 14.7 Å². The Kier molecular flexibility index (Phi) is 4.54. The van der Waals surface area contributed by atoms with Gasteiger partial charge in [0.05, 0.1) is 5.69 Å². The molecule has 1 rings (SSSR count). The van der Waals surface area contributed by atoms with E-state index in [0.717, 1.165) is 11.3 Å². The van der Waals surface area contributed by atoms with Gasteiger partial charge in [-0.05, 0) is 20.4 Å². The van der Waals surface area contributed by atoms with Crippen LogP contribution in [-0.2, 0) is 18.4 Å². The highest BCUT2D eigenvalue weighted by Gasteiger charge is 2.22. The van der Waals surface area contributed by atoms with Gasteiger partial charge < -0.3 is 5.11 Å². The third-order valence-electron chi connectivity index (χ3n) is 2.88. The Morgan fingerprint density at radius 1 is 1.65 bits per heavy atom. The van der Waals surface area contributed by atoms with Crippen LogP contribution < -0.4 is 0 Å². The van der Waals surface area contributed by atoms with Gasteiger partial charge in [0.2, 0.25) is 0 Å². The van der Waals surface area contributed by atoms with Gasteiger partial charge in [0.25, 0.3) is 0 Å². The first-order chi connectivity index (χ1) is 7.88. The summed E-state index contributed by atoms with van der Waals surface area (Å²) in [6.45, 7) is 4.22. The highest BCUT2D eigenvalue weighted by molar-refractivity contribution is 6.30. The van der Waals surface area contributed by atoms with E-state index in [4.69, 9.17) is 16.7 Å². The number of carboxylic acid groups (broad SMARTS) is 1. The Labute approximate surface area is 106 Å². The van der Waals surface area contributed by atoms with E-state index in [2.05, 4.69) is 5.10 Å². The van der Waals surface area contributed by atoms with Crippen molar-refractivity contribution in [3.8, 4) is 0 Å². The van der Waals surface area contributed by atoms with Gasteiger partial charge >= 0.3 is 5.97 Å². The maximum atomic E-state index is 11.0. The number of nitrogens with zero attached hydrogens (tertiary/aromatic N) is 3. The zero-order valence-electron chi connectivity index (χ0n) is 10.6. The van der Waals surface area contributed by atoms with Crippen LogP contribution in [-0.4, -0.2) is 38.8 Å². The van der Waals surface area contributed by atoms with Crippen LogP contribution in [0.4, 0.5) is 0 Å². The molecule has 17 heavy (non-hydrogen) atoms. The summed E-state index contributed by atoms with van der Waals surface area (Å²) in [6, 6.07) is -0.495. The second kappa shape index (κ2) is 5.51. The van der Waals surface area contributed by atoms with Crippen LogP contribution in [0.2, 0.25) is 5.15 Å². The number of aromatic nitrogens is 2. The highest BCUT2D eigenvalue weighted by atomic mass is 35.5. The third-order valence-corrected chi connectivity index (χ3v) is 3.35. The smallest absolute Gasteiger partial charge is 0.320 e. The minimum atomic E-state index is -0.812. The summed E-state index contributed by atoms with van der Waals surface area (Å²) in [6.07, 6.45) is 0.558. The van der Waals surface area contributed by atoms with E-state index >= 15 is 0 Å². The second-order valence-electron chi connectivity index (χ2n) is 4.16. The van der Waals surface area contributed by atoms with Crippen LogP contribution in [0.3, 0.4) is 0 Å². The summed E-state index contributed by atoms with van der Waals surface area (Å²) in [7, 11) is 3.55. The van der Waals surface area contributed by atoms with E-state index in [-0.39, 0.29) is 0 Å². The fraction of sp³-hybridized carbons (Fsp3) is 0.636. The summed E-state index contributed by atoms with van der Waals surface area (Å²) < 4.78 is 1.60. The molecule has 1 unspecified atom stereocenters. The van der Waals surface area contributed by atoms with Crippen LogP contribution in [0, 0.1) is 6.92 Å². The first kappa shape index (κ1) is 14.0. The first-order valence-electron chi connectivity index (χ1n) is 5.49. The van der Waals surface area contributed by atoms with Gasteiger partial charge in [-0.2, -0.15) is 5.10 Å². The number of carbonyl (C=O) groups is 1. The maximum absolute atomic E-state index is 11.0. The van der Waals surface area contributed by atoms with Crippen molar-refractivity contribution in [2.75, 3.05) is 7.05 Å². The quantitative estimate of drug-likeness (QED) is 0.874. The minimum Gasteiger partial charge on any atom is -0.480 e. The minimum absolute atomic E-state index is 0.489. The molecule has 0 fully saturated rings. The molecule has 1 heterocycles. The molecule has 0 saturated heterocycles. The van der Waals surface area contributed by atoms with Gasteiger partial charge in [-0.1, -0.05) is 18.5 Å². The molecular formula is C11H18ClN3O2. The average Bonchev–Trinajstić information content (AvgIpc) is 2.45. The summed E-state index contributed by atoms with van der Waals surface area (Å²) in [4.78, 5) is 12.8. The van der Waals surface area contributed by atoms with Gasteiger partial charge in [-0.15, -0.1) is 0 Å². The van der Waals surface area contributed by atoms with Gasteiger partial charge in [0, 0.05) is 19.2 Å². The Morgan fingerprint density at radius 3 is 2.59 bits per heavy atom. The lowest BCUT2D eigenvalue weighted by atomic mass is 10.1. The summed E-state index contributed by atoms with van der Waals surface area (Å²) in [5, 5.41) is 13.8. The van der Waals surface area contributed by atoms with Crippen LogP contribution in [0.25, 0.3) is 0 Å². The standard InChI is InChI=1S/C11H18ClN3O2/c1-5-9(11(16)17)14(3)6-8-7(2)13-15(4)10(8)12/h9H,5-6H2,1-4H3,(H,16,17). The molecular weight excluding hydrogens is 242 g/mol. The van der Waals surface area contributed by atoms with Crippen molar-refractivity contribution in [3.05, 3.63) is 16.4 Å². The Hall–Kier alpha value is -1.07. The molecule has 0 radical (unpaired) electrons. The van der Waals surface area contributed by atoms with Gasteiger partial charge in [-0.25, -0.2) is 0 Å². The lowest BCUT2D eigenvalue weighted by molar-refractivity contribution is -0.143. The van der Waals surface area contributed by atoms with E-state index < -0.39 is 12.0 Å². The van der Waals surface area contributed by atoms with Crippen LogP contribution in [0.1, 0.15) is 24.6 Å². The van der Waals surface area contributed by atoms with Crippen molar-refractivity contribution in [2.24, 2.45) is 7.05 Å². The zero-order chi connectivity index (χ0) is 13.2. The van der Waals surface area contributed by atoms with E-state index in [1.807, 2.05) is 13.8 Å². The molecule has 6 heteroatoms. The fourth-order valence-corrected chi connectivity index (χ4v) is 2.12. The number of hydrogen-bond donors (Lipinski definition) is 1. The lowest BCUT2D eigenvalue weighted by Crippen LogP contribution is -2.37. The van der Waals surface area contributed by atoms with Gasteiger partial charge in [0.1, 0.15) is 11.2 Å². The van der Waals surface area contributed by atoms with Crippen molar-refractivity contribution in [1.29, 1.82) is 0 Å². The Balaban J connectivity index is 2.87. The zero-order valence-corrected chi connectivity index (χ0v) is 11.3.